The van der Waals surface area contributed by atoms with Crippen molar-refractivity contribution in [1.29, 1.82) is 0 Å². The molecule has 0 aromatic heterocycles. The Morgan fingerprint density at radius 2 is 1.76 bits per heavy atom. The van der Waals surface area contributed by atoms with E-state index < -0.39 is 30.1 Å². The van der Waals surface area contributed by atoms with Crippen LogP contribution in [0.4, 0.5) is 22.0 Å². The molecule has 0 spiro atoms. The van der Waals surface area contributed by atoms with Crippen molar-refractivity contribution in [3.8, 4) is 0 Å². The second-order valence-electron chi connectivity index (χ2n) is 3.87. The molecule has 2 N–H and O–H groups in total. The molecular weight excluding hydrogens is 241 g/mol. The van der Waals surface area contributed by atoms with Crippen LogP contribution in [-0.4, -0.2) is 12.5 Å². The highest BCUT2D eigenvalue weighted by molar-refractivity contribution is 5.29. The Labute approximate surface area is 95.4 Å². The average Bonchev–Trinajstić information content (AvgIpc) is 2.15. The zero-order valence-corrected chi connectivity index (χ0v) is 9.06. The number of nitrogens with two attached hydrogens (primary N) is 1. The van der Waals surface area contributed by atoms with E-state index in [0.717, 1.165) is 18.2 Å². The molecule has 1 aromatic rings. The molecule has 0 bridgehead atoms. The van der Waals surface area contributed by atoms with E-state index in [1.54, 1.807) is 0 Å². The SMILES string of the molecule is CC(F)(F)C(CN)c1cccc(C(F)(F)F)c1. The van der Waals surface area contributed by atoms with E-state index in [0.29, 0.717) is 6.92 Å². The molecule has 1 atom stereocenters. The molecule has 1 nitrogen and oxygen atoms in total. The molecular formula is C11H12F5N. The van der Waals surface area contributed by atoms with Crippen LogP contribution in [0.5, 0.6) is 0 Å². The molecule has 96 valence electrons. The summed E-state index contributed by atoms with van der Waals surface area (Å²) < 4.78 is 63.5. The monoisotopic (exact) mass is 253 g/mol. The first kappa shape index (κ1) is 13.9. The number of hydrogen-bond acceptors (Lipinski definition) is 1. The molecule has 1 unspecified atom stereocenters. The Kier molecular flexibility index (Phi) is 3.76. The van der Waals surface area contributed by atoms with Gasteiger partial charge in [-0.1, -0.05) is 18.2 Å². The van der Waals surface area contributed by atoms with E-state index in [9.17, 15) is 22.0 Å². The third-order valence-corrected chi connectivity index (χ3v) is 2.46. The van der Waals surface area contributed by atoms with E-state index in [-0.39, 0.29) is 5.56 Å². The number of hydrogen-bond donors (Lipinski definition) is 1. The fourth-order valence-electron chi connectivity index (χ4n) is 1.57. The Morgan fingerprint density at radius 3 is 2.18 bits per heavy atom. The Bertz CT molecular complexity index is 380. The Hall–Kier alpha value is -1.17. The molecule has 0 radical (unpaired) electrons. The van der Waals surface area contributed by atoms with Crippen molar-refractivity contribution in [2.75, 3.05) is 6.54 Å². The molecule has 1 aromatic carbocycles. The van der Waals surface area contributed by atoms with Crippen LogP contribution < -0.4 is 5.73 Å². The van der Waals surface area contributed by atoms with E-state index >= 15 is 0 Å². The van der Waals surface area contributed by atoms with Crippen LogP contribution >= 0.6 is 0 Å². The van der Waals surface area contributed by atoms with Crippen molar-refractivity contribution in [2.24, 2.45) is 5.73 Å². The quantitative estimate of drug-likeness (QED) is 0.821. The van der Waals surface area contributed by atoms with Gasteiger partial charge in [-0.2, -0.15) is 13.2 Å². The highest BCUT2D eigenvalue weighted by Crippen LogP contribution is 2.35. The summed E-state index contributed by atoms with van der Waals surface area (Å²) in [7, 11) is 0. The zero-order chi connectivity index (χ0) is 13.3. The van der Waals surface area contributed by atoms with Gasteiger partial charge in [0.2, 0.25) is 0 Å². The third-order valence-electron chi connectivity index (χ3n) is 2.46. The van der Waals surface area contributed by atoms with Crippen molar-refractivity contribution in [3.05, 3.63) is 35.4 Å². The van der Waals surface area contributed by atoms with E-state index in [2.05, 4.69) is 0 Å². The lowest BCUT2D eigenvalue weighted by Crippen LogP contribution is -2.29. The van der Waals surface area contributed by atoms with E-state index in [4.69, 9.17) is 5.73 Å². The molecule has 0 aliphatic rings. The van der Waals surface area contributed by atoms with Crippen molar-refractivity contribution in [3.63, 3.8) is 0 Å². The van der Waals surface area contributed by atoms with Gasteiger partial charge in [0.15, 0.2) is 0 Å². The van der Waals surface area contributed by atoms with Crippen molar-refractivity contribution in [1.82, 2.24) is 0 Å². The first-order chi connectivity index (χ1) is 7.66. The smallest absolute Gasteiger partial charge is 0.330 e. The van der Waals surface area contributed by atoms with Crippen LogP contribution in [0.1, 0.15) is 24.0 Å². The van der Waals surface area contributed by atoms with E-state index in [1.165, 1.54) is 6.07 Å². The molecule has 0 aliphatic heterocycles. The highest BCUT2D eigenvalue weighted by atomic mass is 19.4. The standard InChI is InChI=1S/C11H12F5N/c1-10(12,13)9(6-17)7-3-2-4-8(5-7)11(14,15)16/h2-5,9H,6,17H2,1H3. The topological polar surface area (TPSA) is 26.0 Å². The molecule has 0 heterocycles. The summed E-state index contributed by atoms with van der Waals surface area (Å²) in [6.07, 6.45) is -4.54. The molecule has 0 aliphatic carbocycles. The first-order valence-electron chi connectivity index (χ1n) is 4.91. The van der Waals surface area contributed by atoms with Crippen LogP contribution in [0.25, 0.3) is 0 Å². The normalized spacial score (nSPS) is 14.8. The Balaban J connectivity index is 3.15. The second-order valence-corrected chi connectivity index (χ2v) is 3.87. The molecule has 0 saturated heterocycles. The minimum atomic E-state index is -4.54. The van der Waals surface area contributed by atoms with Gasteiger partial charge >= 0.3 is 6.18 Å². The van der Waals surface area contributed by atoms with Gasteiger partial charge in [0.05, 0.1) is 11.5 Å². The maximum Gasteiger partial charge on any atom is 0.416 e. The van der Waals surface area contributed by atoms with Gasteiger partial charge < -0.3 is 5.73 Å². The lowest BCUT2D eigenvalue weighted by atomic mass is 9.92. The predicted molar refractivity (Wildman–Crippen MR) is 53.9 cm³/mol. The molecule has 0 amide bonds. The number of benzene rings is 1. The van der Waals surface area contributed by atoms with Crippen molar-refractivity contribution < 1.29 is 22.0 Å². The maximum atomic E-state index is 13.1. The average molecular weight is 253 g/mol. The van der Waals surface area contributed by atoms with Gasteiger partial charge in [-0.25, -0.2) is 8.78 Å². The van der Waals surface area contributed by atoms with Gasteiger partial charge in [-0.15, -0.1) is 0 Å². The van der Waals surface area contributed by atoms with Crippen molar-refractivity contribution >= 4 is 0 Å². The highest BCUT2D eigenvalue weighted by Gasteiger charge is 2.36. The zero-order valence-electron chi connectivity index (χ0n) is 9.06. The molecule has 6 heteroatoms. The van der Waals surface area contributed by atoms with Crippen LogP contribution in [0.2, 0.25) is 0 Å². The van der Waals surface area contributed by atoms with Gasteiger partial charge in [0.25, 0.3) is 5.92 Å². The fraction of sp³-hybridized carbons (Fsp3) is 0.455. The summed E-state index contributed by atoms with van der Waals surface area (Å²) in [6.45, 7) is 0.232. The van der Waals surface area contributed by atoms with Crippen molar-refractivity contribution in [2.45, 2.75) is 24.9 Å². The summed E-state index contributed by atoms with van der Waals surface area (Å²) in [5.74, 6) is -4.57. The maximum absolute atomic E-state index is 13.1. The number of halogens is 5. The lowest BCUT2D eigenvalue weighted by Gasteiger charge is -2.23. The number of rotatable bonds is 3. The molecule has 0 fully saturated rings. The molecule has 0 saturated carbocycles. The Morgan fingerprint density at radius 1 is 1.18 bits per heavy atom. The summed E-state index contributed by atoms with van der Waals surface area (Å²) in [5.41, 5.74) is 4.14. The van der Waals surface area contributed by atoms with Gasteiger partial charge in [0, 0.05) is 13.5 Å². The minimum absolute atomic E-state index is 0.102. The molecule has 1 rings (SSSR count). The minimum Gasteiger partial charge on any atom is -0.330 e. The fourth-order valence-corrected chi connectivity index (χ4v) is 1.57. The summed E-state index contributed by atoms with van der Waals surface area (Å²) >= 11 is 0. The van der Waals surface area contributed by atoms with Crippen LogP contribution in [0, 0.1) is 0 Å². The van der Waals surface area contributed by atoms with Gasteiger partial charge in [-0.05, 0) is 11.6 Å². The largest absolute Gasteiger partial charge is 0.416 e. The summed E-state index contributed by atoms with van der Waals surface area (Å²) in [6, 6.07) is 3.89. The summed E-state index contributed by atoms with van der Waals surface area (Å²) in [5, 5.41) is 0. The number of alkyl halides is 5. The van der Waals surface area contributed by atoms with Crippen LogP contribution in [0.3, 0.4) is 0 Å². The van der Waals surface area contributed by atoms with Crippen LogP contribution in [-0.2, 0) is 6.18 Å². The molecule has 17 heavy (non-hydrogen) atoms. The summed E-state index contributed by atoms with van der Waals surface area (Å²) in [4.78, 5) is 0. The third kappa shape index (κ3) is 3.39. The predicted octanol–water partition coefficient (Wildman–Crippen LogP) is 3.40. The van der Waals surface area contributed by atoms with Gasteiger partial charge in [0.1, 0.15) is 0 Å². The second kappa shape index (κ2) is 4.60. The lowest BCUT2D eigenvalue weighted by molar-refractivity contribution is -0.137. The van der Waals surface area contributed by atoms with Gasteiger partial charge in [-0.3, -0.25) is 0 Å². The van der Waals surface area contributed by atoms with Crippen LogP contribution in [0.15, 0.2) is 24.3 Å². The van der Waals surface area contributed by atoms with E-state index in [1.807, 2.05) is 0 Å². The first-order valence-corrected chi connectivity index (χ1v) is 4.91.